The van der Waals surface area contributed by atoms with Gasteiger partial charge >= 0.3 is 0 Å². The lowest BCUT2D eigenvalue weighted by Crippen LogP contribution is -2.46. The molecular weight excluding hydrogens is 712 g/mol. The third-order valence-electron chi connectivity index (χ3n) is 6.42. The Morgan fingerprint density at radius 3 is 1.64 bits per heavy atom. The van der Waals surface area contributed by atoms with Gasteiger partial charge in [-0.1, -0.05) is 28.1 Å². The number of benzene rings is 3. The number of para-hydroxylation sites is 1. The molecule has 10 nitrogen and oxygen atoms in total. The van der Waals surface area contributed by atoms with Crippen LogP contribution in [0.1, 0.15) is 0 Å². The van der Waals surface area contributed by atoms with Crippen LogP contribution in [-0.4, -0.2) is 53.0 Å². The molecule has 0 unspecified atom stereocenters. The maximum atomic E-state index is 14.0. The van der Waals surface area contributed by atoms with Gasteiger partial charge in [-0.2, -0.15) is 0 Å². The third kappa shape index (κ3) is 8.12. The fraction of sp³-hybridized carbons (Fsp3) is 0.143. The smallest absolute Gasteiger partial charge is 0.263 e. The van der Waals surface area contributed by atoms with Crippen molar-refractivity contribution in [3.63, 3.8) is 0 Å². The van der Waals surface area contributed by atoms with Crippen molar-refractivity contribution >= 4 is 80.3 Å². The molecule has 44 heavy (non-hydrogen) atoms. The summed E-state index contributed by atoms with van der Waals surface area (Å²) in [7, 11) is -7.17. The van der Waals surface area contributed by atoms with Crippen molar-refractivity contribution in [1.82, 2.24) is 9.97 Å². The highest BCUT2D eigenvalue weighted by Gasteiger charge is 2.21. The molecule has 6 rings (SSSR count). The lowest BCUT2D eigenvalue weighted by Gasteiger charge is -2.37. The van der Waals surface area contributed by atoms with E-state index in [0.29, 0.717) is 29.0 Å². The molecule has 1 aliphatic heterocycles. The SMILES string of the molecule is O=S(=O)(Nc1nccs1)c1ccc(Br)cc1.O=S(=O)(Nc1nccs1)c1ccc(N2CCN(c3ccccc3F)CC2)cc1. The summed E-state index contributed by atoms with van der Waals surface area (Å²) in [6, 6.07) is 20.0. The highest BCUT2D eigenvalue weighted by atomic mass is 79.9. The van der Waals surface area contributed by atoms with Crippen molar-refractivity contribution in [3.8, 4) is 0 Å². The molecule has 0 spiro atoms. The van der Waals surface area contributed by atoms with Gasteiger partial charge in [-0.15, -0.1) is 22.7 Å². The Labute approximate surface area is 271 Å². The van der Waals surface area contributed by atoms with Gasteiger partial charge in [0.15, 0.2) is 10.3 Å². The first-order chi connectivity index (χ1) is 21.1. The van der Waals surface area contributed by atoms with Crippen LogP contribution in [0.2, 0.25) is 0 Å². The highest BCUT2D eigenvalue weighted by Crippen LogP contribution is 2.25. The molecular formula is C28H26BrFN6O4S4. The van der Waals surface area contributed by atoms with Crippen molar-refractivity contribution in [2.75, 3.05) is 45.4 Å². The van der Waals surface area contributed by atoms with Gasteiger partial charge in [0.1, 0.15) is 5.82 Å². The predicted octanol–water partition coefficient (Wildman–Crippen LogP) is 6.12. The number of nitrogens with zero attached hydrogens (tertiary/aromatic N) is 4. The molecule has 5 aromatic rings. The zero-order valence-corrected chi connectivity index (χ0v) is 27.7. The van der Waals surface area contributed by atoms with E-state index in [1.807, 2.05) is 11.0 Å². The average molecular weight is 738 g/mol. The molecule has 0 saturated carbocycles. The van der Waals surface area contributed by atoms with Crippen LogP contribution < -0.4 is 19.2 Å². The van der Waals surface area contributed by atoms with Gasteiger partial charge in [0, 0.05) is 59.5 Å². The molecule has 230 valence electrons. The molecule has 2 aromatic heterocycles. The first-order valence-corrected chi connectivity index (χ1v) is 18.6. The van der Waals surface area contributed by atoms with Crippen LogP contribution in [0.15, 0.2) is 110 Å². The van der Waals surface area contributed by atoms with E-state index in [9.17, 15) is 21.2 Å². The Hall–Kier alpha value is -3.57. The zero-order valence-electron chi connectivity index (χ0n) is 22.9. The highest BCUT2D eigenvalue weighted by molar-refractivity contribution is 9.10. The van der Waals surface area contributed by atoms with E-state index in [1.165, 1.54) is 40.9 Å². The molecule has 3 aromatic carbocycles. The summed E-state index contributed by atoms with van der Waals surface area (Å²) < 4.78 is 68.2. The van der Waals surface area contributed by atoms with Gasteiger partial charge in [-0.25, -0.2) is 31.2 Å². The van der Waals surface area contributed by atoms with Crippen LogP contribution in [0.5, 0.6) is 0 Å². The maximum Gasteiger partial charge on any atom is 0.263 e. The third-order valence-corrected chi connectivity index (χ3v) is 11.3. The summed E-state index contributed by atoms with van der Waals surface area (Å²) >= 11 is 5.71. The second-order valence-electron chi connectivity index (χ2n) is 9.26. The van der Waals surface area contributed by atoms with Crippen LogP contribution in [-0.2, 0) is 20.0 Å². The number of rotatable bonds is 8. The molecule has 1 saturated heterocycles. The predicted molar refractivity (Wildman–Crippen MR) is 177 cm³/mol. The zero-order chi connectivity index (χ0) is 31.2. The number of nitrogens with one attached hydrogen (secondary N) is 2. The number of piperazine rings is 1. The van der Waals surface area contributed by atoms with E-state index in [2.05, 4.69) is 40.2 Å². The second-order valence-corrected chi connectivity index (χ2v) is 15.3. The molecule has 1 fully saturated rings. The molecule has 0 aliphatic carbocycles. The molecule has 0 atom stereocenters. The Bertz CT molecular complexity index is 1870. The van der Waals surface area contributed by atoms with E-state index in [1.54, 1.807) is 71.7 Å². The fourth-order valence-electron chi connectivity index (χ4n) is 4.26. The van der Waals surface area contributed by atoms with Crippen molar-refractivity contribution in [3.05, 3.63) is 106 Å². The number of hydrogen-bond acceptors (Lipinski definition) is 10. The van der Waals surface area contributed by atoms with Crippen LogP contribution in [0.3, 0.4) is 0 Å². The van der Waals surface area contributed by atoms with Gasteiger partial charge in [0.05, 0.1) is 15.5 Å². The van der Waals surface area contributed by atoms with Gasteiger partial charge < -0.3 is 9.80 Å². The number of anilines is 4. The van der Waals surface area contributed by atoms with Crippen LogP contribution in [0, 0.1) is 5.82 Å². The van der Waals surface area contributed by atoms with Gasteiger partial charge in [0.25, 0.3) is 20.0 Å². The standard InChI is InChI=1S/C19H19FN4O2S2.C9H7BrN2O2S2/c20-17-3-1-2-4-18(17)24-12-10-23(11-13-24)15-5-7-16(8-6-15)28(25,26)22-19-21-9-14-27-19;10-7-1-3-8(4-2-7)16(13,14)12-9-11-5-6-15-9/h1-9,14H,10-13H2,(H,21,22);1-6H,(H,11,12). The first kappa shape index (κ1) is 31.8. The lowest BCUT2D eigenvalue weighted by molar-refractivity contribution is 0.597. The van der Waals surface area contributed by atoms with Crippen molar-refractivity contribution in [2.24, 2.45) is 0 Å². The quantitative estimate of drug-likeness (QED) is 0.196. The van der Waals surface area contributed by atoms with Crippen LogP contribution in [0.25, 0.3) is 0 Å². The Morgan fingerprint density at radius 1 is 0.682 bits per heavy atom. The normalized spacial score (nSPS) is 13.6. The maximum absolute atomic E-state index is 14.0. The average Bonchev–Trinajstić information content (AvgIpc) is 3.72. The van der Waals surface area contributed by atoms with E-state index >= 15 is 0 Å². The number of thiazole rings is 2. The summed E-state index contributed by atoms with van der Waals surface area (Å²) in [6.07, 6.45) is 3.09. The first-order valence-electron chi connectivity index (χ1n) is 13.1. The largest absolute Gasteiger partial charge is 0.368 e. The second kappa shape index (κ2) is 14.0. The number of aromatic nitrogens is 2. The monoisotopic (exact) mass is 736 g/mol. The lowest BCUT2D eigenvalue weighted by atomic mass is 10.2. The molecule has 2 N–H and O–H groups in total. The van der Waals surface area contributed by atoms with Crippen LogP contribution >= 0.6 is 38.6 Å². The van der Waals surface area contributed by atoms with Crippen molar-refractivity contribution in [1.29, 1.82) is 0 Å². The molecule has 0 amide bonds. The number of sulfonamides is 2. The fourth-order valence-corrected chi connectivity index (χ4v) is 8.10. The Morgan fingerprint density at radius 2 is 1.16 bits per heavy atom. The minimum atomic E-state index is -3.65. The number of hydrogen-bond donors (Lipinski definition) is 2. The molecule has 0 radical (unpaired) electrons. The minimum Gasteiger partial charge on any atom is -0.368 e. The topological polar surface area (TPSA) is 125 Å². The van der Waals surface area contributed by atoms with Gasteiger partial charge in [-0.3, -0.25) is 9.44 Å². The van der Waals surface area contributed by atoms with Gasteiger partial charge in [-0.05, 0) is 60.7 Å². The molecule has 1 aliphatic rings. The summed E-state index contributed by atoms with van der Waals surface area (Å²) in [5.41, 5.74) is 1.57. The van der Waals surface area contributed by atoms with E-state index < -0.39 is 20.0 Å². The summed E-state index contributed by atoms with van der Waals surface area (Å²) in [4.78, 5) is 12.4. The molecule has 16 heteroatoms. The minimum absolute atomic E-state index is 0.191. The Balaban J connectivity index is 0.000000204. The van der Waals surface area contributed by atoms with Crippen LogP contribution in [0.4, 0.5) is 26.0 Å². The number of halogens is 2. The molecule has 0 bridgehead atoms. The van der Waals surface area contributed by atoms with Crippen molar-refractivity contribution in [2.45, 2.75) is 9.79 Å². The summed E-state index contributed by atoms with van der Waals surface area (Å²) in [5, 5.41) is 4.12. The van der Waals surface area contributed by atoms with E-state index in [0.717, 1.165) is 23.2 Å². The molecule has 3 heterocycles. The Kier molecular flexibility index (Phi) is 10.2. The van der Waals surface area contributed by atoms with E-state index in [-0.39, 0.29) is 15.6 Å². The summed E-state index contributed by atoms with van der Waals surface area (Å²) in [6.45, 7) is 2.87. The van der Waals surface area contributed by atoms with Crippen molar-refractivity contribution < 1.29 is 21.2 Å². The van der Waals surface area contributed by atoms with E-state index in [4.69, 9.17) is 0 Å². The van der Waals surface area contributed by atoms with Gasteiger partial charge in [0.2, 0.25) is 0 Å². The summed E-state index contributed by atoms with van der Waals surface area (Å²) in [5.74, 6) is -0.210.